The van der Waals surface area contributed by atoms with Crippen LogP contribution in [0.25, 0.3) is 0 Å². The maximum Gasteiger partial charge on any atom is 0.254 e. The molecule has 0 radical (unpaired) electrons. The summed E-state index contributed by atoms with van der Waals surface area (Å²) in [5, 5.41) is 0. The van der Waals surface area contributed by atoms with Crippen molar-refractivity contribution in [2.45, 2.75) is 44.6 Å². The minimum atomic E-state index is -0.848. The highest BCUT2D eigenvalue weighted by Gasteiger charge is 2.40. The van der Waals surface area contributed by atoms with E-state index in [0.717, 1.165) is 29.5 Å². The van der Waals surface area contributed by atoms with Gasteiger partial charge in [-0.15, -0.1) is 0 Å². The number of hydrogen-bond donors (Lipinski definition) is 0. The molecule has 2 aliphatic heterocycles. The van der Waals surface area contributed by atoms with E-state index in [2.05, 4.69) is 13.8 Å². The van der Waals surface area contributed by atoms with Crippen LogP contribution in [0.15, 0.2) is 18.2 Å². The summed E-state index contributed by atoms with van der Waals surface area (Å²) in [6.45, 7) is 6.43. The van der Waals surface area contributed by atoms with E-state index in [1.165, 1.54) is 0 Å². The fourth-order valence-electron chi connectivity index (χ4n) is 3.45. The van der Waals surface area contributed by atoms with Crippen molar-refractivity contribution in [3.8, 4) is 0 Å². The highest BCUT2D eigenvalue weighted by Crippen LogP contribution is 2.31. The molecule has 22 heavy (non-hydrogen) atoms. The Balaban J connectivity index is 1.87. The van der Waals surface area contributed by atoms with Crippen molar-refractivity contribution in [1.29, 1.82) is 0 Å². The first-order chi connectivity index (χ1) is 10.6. The second-order valence-corrected chi connectivity index (χ2v) is 8.07. The van der Waals surface area contributed by atoms with Crippen molar-refractivity contribution in [2.75, 3.05) is 18.8 Å². The molecule has 120 valence electrons. The Hall–Kier alpha value is -1.20. The smallest absolute Gasteiger partial charge is 0.254 e. The second kappa shape index (κ2) is 6.13. The lowest BCUT2D eigenvalue weighted by Gasteiger charge is -2.41. The monoisotopic (exact) mass is 321 g/mol. The molecule has 3 rings (SSSR count). The molecule has 1 saturated heterocycles. The lowest BCUT2D eigenvalue weighted by molar-refractivity contribution is 0.0731. The van der Waals surface area contributed by atoms with Crippen LogP contribution in [0.4, 0.5) is 0 Å². The summed E-state index contributed by atoms with van der Waals surface area (Å²) in [5.74, 6) is 0.643. The molecule has 1 aromatic carbocycles. The van der Waals surface area contributed by atoms with Crippen molar-refractivity contribution in [1.82, 2.24) is 4.90 Å². The highest BCUT2D eigenvalue weighted by atomic mass is 32.2. The average molecular weight is 321 g/mol. The van der Waals surface area contributed by atoms with Gasteiger partial charge in [0.1, 0.15) is 0 Å². The minimum Gasteiger partial charge on any atom is -0.372 e. The highest BCUT2D eigenvalue weighted by molar-refractivity contribution is 7.86. The second-order valence-electron chi connectivity index (χ2n) is 6.10. The van der Waals surface area contributed by atoms with Gasteiger partial charge >= 0.3 is 0 Å². The number of rotatable bonds is 3. The predicted octanol–water partition coefficient (Wildman–Crippen LogP) is 2.48. The van der Waals surface area contributed by atoms with Crippen LogP contribution < -0.4 is 0 Å². The number of carbonyl (C=O) groups excluding carboxylic acids is 1. The van der Waals surface area contributed by atoms with Crippen LogP contribution in [0.3, 0.4) is 0 Å². The average Bonchev–Trinajstić information content (AvgIpc) is 3.03. The van der Waals surface area contributed by atoms with Crippen molar-refractivity contribution in [3.63, 3.8) is 0 Å². The first-order valence-electron chi connectivity index (χ1n) is 7.97. The van der Waals surface area contributed by atoms with Crippen LogP contribution in [0.2, 0.25) is 0 Å². The molecular formula is C17H23NO3S. The third-order valence-electron chi connectivity index (χ3n) is 5.09. The first-order valence-corrected chi connectivity index (χ1v) is 9.29. The third kappa shape index (κ3) is 2.50. The number of carbonyl (C=O) groups is 1. The van der Waals surface area contributed by atoms with Crippen LogP contribution in [0.1, 0.15) is 48.2 Å². The molecule has 5 heteroatoms. The Kier molecular flexibility index (Phi) is 4.37. The summed E-state index contributed by atoms with van der Waals surface area (Å²) in [4.78, 5) is 14.8. The standard InChI is InChI=1S/C17H23NO3S/c1-3-17(4-2)12-18(8-9-22(17)20)16(19)14-7-5-6-13-10-21-11-15(13)14/h5-7H,3-4,8-12H2,1-2H3. The largest absolute Gasteiger partial charge is 0.372 e. The molecular weight excluding hydrogens is 298 g/mol. The number of ether oxygens (including phenoxy) is 1. The summed E-state index contributed by atoms with van der Waals surface area (Å²) in [6.07, 6.45) is 1.69. The summed E-state index contributed by atoms with van der Waals surface area (Å²) < 4.78 is 17.6. The molecule has 4 nitrogen and oxygen atoms in total. The van der Waals surface area contributed by atoms with Crippen LogP contribution in [0, 0.1) is 0 Å². The molecule has 2 heterocycles. The van der Waals surface area contributed by atoms with E-state index >= 15 is 0 Å². The van der Waals surface area contributed by atoms with Gasteiger partial charge in [0.2, 0.25) is 0 Å². The number of amides is 1. The fourth-order valence-corrected chi connectivity index (χ4v) is 5.21. The summed E-state index contributed by atoms with van der Waals surface area (Å²) in [6, 6.07) is 5.84. The molecule has 2 aliphatic rings. The van der Waals surface area contributed by atoms with Crippen LogP contribution in [-0.4, -0.2) is 38.6 Å². The number of nitrogens with zero attached hydrogens (tertiary/aromatic N) is 1. The van der Waals surface area contributed by atoms with E-state index in [0.29, 0.717) is 32.1 Å². The van der Waals surface area contributed by atoms with Crippen molar-refractivity contribution in [2.24, 2.45) is 0 Å². The quantitative estimate of drug-likeness (QED) is 0.859. The van der Waals surface area contributed by atoms with E-state index in [1.54, 1.807) is 0 Å². The van der Waals surface area contributed by atoms with Gasteiger partial charge in [-0.2, -0.15) is 0 Å². The molecule has 1 unspecified atom stereocenters. The Labute approximate surface area is 134 Å². The van der Waals surface area contributed by atoms with Crippen LogP contribution >= 0.6 is 0 Å². The maximum absolute atomic E-state index is 13.0. The van der Waals surface area contributed by atoms with E-state index in [-0.39, 0.29) is 10.7 Å². The summed E-state index contributed by atoms with van der Waals surface area (Å²) in [5.41, 5.74) is 2.89. The van der Waals surface area contributed by atoms with Crippen molar-refractivity contribution in [3.05, 3.63) is 34.9 Å². The van der Waals surface area contributed by atoms with Crippen LogP contribution in [-0.2, 0) is 28.8 Å². The Morgan fingerprint density at radius 2 is 2.09 bits per heavy atom. The van der Waals surface area contributed by atoms with Crippen LogP contribution in [0.5, 0.6) is 0 Å². The molecule has 0 aromatic heterocycles. The number of hydrogen-bond acceptors (Lipinski definition) is 3. The third-order valence-corrected chi connectivity index (χ3v) is 7.32. The molecule has 0 aliphatic carbocycles. The lowest BCUT2D eigenvalue weighted by atomic mass is 9.99. The zero-order valence-corrected chi connectivity index (χ0v) is 14.1. The van der Waals surface area contributed by atoms with Gasteiger partial charge in [0.05, 0.1) is 18.0 Å². The molecule has 1 aromatic rings. The number of fused-ring (bicyclic) bond motifs is 1. The zero-order chi connectivity index (χ0) is 15.7. The molecule has 0 saturated carbocycles. The van der Waals surface area contributed by atoms with Gasteiger partial charge in [-0.05, 0) is 30.0 Å². The van der Waals surface area contributed by atoms with Crippen molar-refractivity contribution < 1.29 is 13.7 Å². The zero-order valence-electron chi connectivity index (χ0n) is 13.3. The molecule has 1 atom stereocenters. The first kappa shape index (κ1) is 15.7. The SMILES string of the molecule is CCC1(CC)CN(C(=O)c2cccc3c2COC3)CCS1=O. The van der Waals surface area contributed by atoms with E-state index < -0.39 is 10.8 Å². The number of benzene rings is 1. The van der Waals surface area contributed by atoms with Gasteiger partial charge in [0.15, 0.2) is 0 Å². The van der Waals surface area contributed by atoms with Gasteiger partial charge in [-0.1, -0.05) is 26.0 Å². The Bertz CT molecular complexity index is 610. The van der Waals surface area contributed by atoms with Crippen molar-refractivity contribution >= 4 is 16.7 Å². The topological polar surface area (TPSA) is 46.6 Å². The van der Waals surface area contributed by atoms with Gasteiger partial charge in [-0.3, -0.25) is 9.00 Å². The Morgan fingerprint density at radius 3 is 2.82 bits per heavy atom. The molecule has 1 amide bonds. The summed E-state index contributed by atoms with van der Waals surface area (Å²) >= 11 is 0. The fraction of sp³-hybridized carbons (Fsp3) is 0.588. The molecule has 1 fully saturated rings. The predicted molar refractivity (Wildman–Crippen MR) is 87.2 cm³/mol. The molecule has 0 bridgehead atoms. The van der Waals surface area contributed by atoms with Gasteiger partial charge in [0, 0.05) is 35.2 Å². The van der Waals surface area contributed by atoms with E-state index in [9.17, 15) is 9.00 Å². The van der Waals surface area contributed by atoms with Gasteiger partial charge < -0.3 is 9.64 Å². The molecule has 0 N–H and O–H groups in total. The maximum atomic E-state index is 13.0. The lowest BCUT2D eigenvalue weighted by Crippen LogP contribution is -2.54. The summed E-state index contributed by atoms with van der Waals surface area (Å²) in [7, 11) is -0.848. The minimum absolute atomic E-state index is 0.0605. The van der Waals surface area contributed by atoms with E-state index in [1.807, 2.05) is 23.1 Å². The van der Waals surface area contributed by atoms with E-state index in [4.69, 9.17) is 4.74 Å². The normalized spacial score (nSPS) is 23.4. The molecule has 0 spiro atoms. The van der Waals surface area contributed by atoms with Gasteiger partial charge in [0.25, 0.3) is 5.91 Å². The van der Waals surface area contributed by atoms with Gasteiger partial charge in [-0.25, -0.2) is 0 Å². The Morgan fingerprint density at radius 1 is 1.32 bits per heavy atom.